The predicted molar refractivity (Wildman–Crippen MR) is 140 cm³/mol. The molecule has 33 heavy (non-hydrogen) atoms. The molecule has 0 saturated heterocycles. The number of halogens is 1. The molecule has 0 unspecified atom stereocenters. The molecule has 0 amide bonds. The fourth-order valence-corrected chi connectivity index (χ4v) is 3.67. The molecule has 6 heteroatoms. The summed E-state index contributed by atoms with van der Waals surface area (Å²) in [5.41, 5.74) is 3.83. The minimum Gasteiger partial charge on any atom is -0.197 e. The summed E-state index contributed by atoms with van der Waals surface area (Å²) in [7, 11) is -3.88. The van der Waals surface area contributed by atoms with Gasteiger partial charge >= 0.3 is 0 Å². The Kier molecular flexibility index (Phi) is 15.2. The van der Waals surface area contributed by atoms with E-state index in [2.05, 4.69) is 79.4 Å². The normalized spacial score (nSPS) is 10.4. The van der Waals surface area contributed by atoms with Crippen LogP contribution in [0.15, 0.2) is 89.8 Å². The van der Waals surface area contributed by atoms with Crippen LogP contribution in [0.5, 0.6) is 0 Å². The molecule has 0 aliphatic heterocycles. The van der Waals surface area contributed by atoms with Crippen LogP contribution in [0.25, 0.3) is 11.1 Å². The predicted octanol–water partition coefficient (Wildman–Crippen LogP) is 8.22. The lowest BCUT2D eigenvalue weighted by atomic mass is 10.1. The van der Waals surface area contributed by atoms with Crippen LogP contribution in [-0.2, 0) is 14.5 Å². The van der Waals surface area contributed by atoms with Crippen molar-refractivity contribution in [3.05, 3.63) is 90.5 Å². The highest BCUT2D eigenvalue weighted by Crippen LogP contribution is 2.17. The molecule has 0 aliphatic rings. The fraction of sp³-hybridized carbons (Fsp3) is 0.333. The molecule has 0 heterocycles. The Labute approximate surface area is 204 Å². The Hall–Kier alpha value is -2.15. The molecule has 3 aromatic carbocycles. The van der Waals surface area contributed by atoms with Gasteiger partial charge in [-0.25, -0.2) is 0 Å². The minimum atomic E-state index is -3.88. The zero-order valence-electron chi connectivity index (χ0n) is 19.5. The lowest BCUT2D eigenvalue weighted by Crippen LogP contribution is -2.05. The van der Waals surface area contributed by atoms with Crippen molar-refractivity contribution in [3.8, 4) is 11.1 Å². The van der Waals surface area contributed by atoms with E-state index in [-0.39, 0.29) is 5.75 Å². The van der Waals surface area contributed by atoms with Gasteiger partial charge in [0.15, 0.2) is 0 Å². The molecule has 0 aliphatic carbocycles. The van der Waals surface area contributed by atoms with Gasteiger partial charge in [-0.05, 0) is 41.1 Å². The summed E-state index contributed by atoms with van der Waals surface area (Å²) in [5, 5.41) is 0. The summed E-state index contributed by atoms with van der Waals surface area (Å²) in [5.74, 6) is -0.213. The Morgan fingerprint density at radius 3 is 1.61 bits per heavy atom. The van der Waals surface area contributed by atoms with Gasteiger partial charge in [0.1, 0.15) is 0 Å². The van der Waals surface area contributed by atoms with Gasteiger partial charge in [-0.2, -0.15) is 8.42 Å². The summed E-state index contributed by atoms with van der Waals surface area (Å²) in [4.78, 5) is 1.02. The molecule has 3 aromatic rings. The van der Waals surface area contributed by atoms with Crippen molar-refractivity contribution >= 4 is 22.7 Å². The van der Waals surface area contributed by atoms with Crippen molar-refractivity contribution in [1.82, 2.24) is 0 Å². The molecule has 3 rings (SSSR count). The van der Waals surface area contributed by atoms with Crippen LogP contribution in [0, 0.1) is 6.92 Å². The summed E-state index contributed by atoms with van der Waals surface area (Å²) >= 11 is 4.13. The number of aryl methyl sites for hydroxylation is 1. The number of hydrogen-bond donors (Lipinski definition) is 1. The molecule has 0 bridgehead atoms. The van der Waals surface area contributed by atoms with Crippen LogP contribution >= 0.6 is 12.6 Å². The lowest BCUT2D eigenvalue weighted by molar-refractivity contribution is 0.00288. The summed E-state index contributed by atoms with van der Waals surface area (Å²) in [6.07, 6.45) is 5.76. The third-order valence-electron chi connectivity index (χ3n) is 4.76. The van der Waals surface area contributed by atoms with Crippen LogP contribution in [0.3, 0.4) is 0 Å². The number of unbranched alkanes of at least 4 members (excludes halogenated alkanes) is 5. The van der Waals surface area contributed by atoms with E-state index in [0.29, 0.717) is 6.42 Å². The van der Waals surface area contributed by atoms with Crippen LogP contribution < -0.4 is 0 Å². The second kappa shape index (κ2) is 17.3. The molecule has 0 N–H and O–H groups in total. The first-order chi connectivity index (χ1) is 15.9. The number of benzene rings is 3. The summed E-state index contributed by atoms with van der Waals surface area (Å²) < 4.78 is 35.1. The van der Waals surface area contributed by atoms with E-state index in [0.717, 1.165) is 30.6 Å². The molecular weight excluding hydrogens is 455 g/mol. The van der Waals surface area contributed by atoms with Crippen LogP contribution in [0.4, 0.5) is 4.53 Å². The quantitative estimate of drug-likeness (QED) is 0.243. The van der Waals surface area contributed by atoms with E-state index in [1.165, 1.54) is 23.1 Å². The van der Waals surface area contributed by atoms with Crippen molar-refractivity contribution in [1.29, 1.82) is 0 Å². The average Bonchev–Trinajstić information content (AvgIpc) is 2.85. The number of hydrogen-bond acceptors (Lipinski definition) is 4. The highest BCUT2D eigenvalue weighted by molar-refractivity contribution is 7.86. The number of rotatable bonds is 9. The zero-order chi connectivity index (χ0) is 24.4. The maximum absolute atomic E-state index is 11.3. The van der Waals surface area contributed by atoms with Gasteiger partial charge in [0, 0.05) is 4.90 Å². The van der Waals surface area contributed by atoms with E-state index < -0.39 is 10.1 Å². The number of thiol groups is 1. The van der Waals surface area contributed by atoms with E-state index in [1.54, 1.807) is 0 Å². The maximum atomic E-state index is 11.3. The van der Waals surface area contributed by atoms with Crippen molar-refractivity contribution in [3.63, 3.8) is 0 Å². The van der Waals surface area contributed by atoms with E-state index in [4.69, 9.17) is 0 Å². The highest BCUT2D eigenvalue weighted by Gasteiger charge is 2.10. The first kappa shape index (κ1) is 28.9. The zero-order valence-corrected chi connectivity index (χ0v) is 21.2. The molecule has 0 saturated carbocycles. The van der Waals surface area contributed by atoms with Crippen molar-refractivity contribution in [2.45, 2.75) is 57.3 Å². The van der Waals surface area contributed by atoms with Crippen molar-refractivity contribution < 1.29 is 17.3 Å². The van der Waals surface area contributed by atoms with Gasteiger partial charge in [-0.15, -0.1) is 12.6 Å². The Balaban J connectivity index is 0.000000254. The average molecular weight is 491 g/mol. The third-order valence-corrected chi connectivity index (χ3v) is 6.04. The largest absolute Gasteiger partial charge is 0.297 e. The first-order valence-corrected chi connectivity index (χ1v) is 13.3. The molecule has 0 radical (unpaired) electrons. The standard InChI is InChI=1S/C12H10.C8H17FO3S.C7H8S/c1-3-7-11(8-4-1)12-9-5-2-6-10-12;1-2-3-4-5-6-7-8-13(10,11)12-9;1-6-2-4-7(8)5-3-6/h1-10H;2-8H2,1H3;2-5,8H,1H3. The molecule has 0 aromatic heterocycles. The molecule has 3 nitrogen and oxygen atoms in total. The monoisotopic (exact) mass is 490 g/mol. The third kappa shape index (κ3) is 14.6. The molecule has 0 spiro atoms. The molecule has 0 atom stereocenters. The van der Waals surface area contributed by atoms with E-state index in [9.17, 15) is 12.9 Å². The minimum absolute atomic E-state index is 0.213. The van der Waals surface area contributed by atoms with E-state index in [1.807, 2.05) is 36.4 Å². The highest BCUT2D eigenvalue weighted by atomic mass is 32.2. The summed E-state index contributed by atoms with van der Waals surface area (Å²) in [6.45, 7) is 4.18. The van der Waals surface area contributed by atoms with Crippen molar-refractivity contribution in [2.75, 3.05) is 5.75 Å². The van der Waals surface area contributed by atoms with E-state index >= 15 is 0 Å². The maximum Gasteiger partial charge on any atom is 0.297 e. The molecule has 180 valence electrons. The van der Waals surface area contributed by atoms with Gasteiger partial charge in [0.2, 0.25) is 0 Å². The van der Waals surface area contributed by atoms with Gasteiger partial charge in [0.05, 0.1) is 5.75 Å². The van der Waals surface area contributed by atoms with Gasteiger partial charge in [-0.1, -0.05) is 122 Å². The van der Waals surface area contributed by atoms with Gasteiger partial charge in [-0.3, -0.25) is 0 Å². The topological polar surface area (TPSA) is 43.4 Å². The lowest BCUT2D eigenvalue weighted by Gasteiger charge is -1.99. The van der Waals surface area contributed by atoms with Crippen LogP contribution in [0.1, 0.15) is 51.0 Å². The SMILES string of the molecule is CCCCCCCCS(=O)(=O)OF.Cc1ccc(S)cc1.c1ccc(-c2ccccc2)cc1. The molecular formula is C27H35FO3S2. The first-order valence-electron chi connectivity index (χ1n) is 11.3. The Morgan fingerprint density at radius 1 is 0.727 bits per heavy atom. The van der Waals surface area contributed by atoms with Gasteiger partial charge < -0.3 is 0 Å². The fourth-order valence-electron chi connectivity index (χ4n) is 2.90. The second-order valence-corrected chi connectivity index (χ2v) is 9.83. The van der Waals surface area contributed by atoms with Crippen LogP contribution in [0.2, 0.25) is 0 Å². The molecule has 0 fully saturated rings. The van der Waals surface area contributed by atoms with Crippen LogP contribution in [-0.4, -0.2) is 14.2 Å². The smallest absolute Gasteiger partial charge is 0.197 e. The van der Waals surface area contributed by atoms with Gasteiger partial charge in [0.25, 0.3) is 10.1 Å². The van der Waals surface area contributed by atoms with Crippen molar-refractivity contribution in [2.24, 2.45) is 0 Å². The Morgan fingerprint density at radius 2 is 1.18 bits per heavy atom. The Bertz CT molecular complexity index is 903. The second-order valence-electron chi connectivity index (χ2n) is 7.66. The summed E-state index contributed by atoms with van der Waals surface area (Å²) in [6, 6.07) is 28.8.